The third kappa shape index (κ3) is 5.70. The Bertz CT molecular complexity index is 1850. The Hall–Kier alpha value is -4.06. The monoisotopic (exact) mass is 696 g/mol. The van der Waals surface area contributed by atoms with Crippen LogP contribution in [0.4, 0.5) is 0 Å². The number of carbonyl (C=O) groups is 1. The summed E-state index contributed by atoms with van der Waals surface area (Å²) in [5.41, 5.74) is 9.09. The van der Waals surface area contributed by atoms with Gasteiger partial charge in [-0.1, -0.05) is 6.07 Å². The van der Waals surface area contributed by atoms with Gasteiger partial charge in [-0.25, -0.2) is 4.98 Å². The smallest absolute Gasteiger partial charge is 0.227 e. The van der Waals surface area contributed by atoms with Crippen LogP contribution in [0.25, 0.3) is 55.7 Å². The minimum absolute atomic E-state index is 0. The topological polar surface area (TPSA) is 89.4 Å². The molecule has 6 nitrogen and oxygen atoms in total. The molecule has 1 radical (unpaired) electrons. The number of aryl methyl sites for hydroxylation is 3. The third-order valence-electron chi connectivity index (χ3n) is 6.22. The van der Waals surface area contributed by atoms with Crippen molar-refractivity contribution in [3.05, 3.63) is 95.4 Å². The van der Waals surface area contributed by atoms with Gasteiger partial charge in [0.15, 0.2) is 11.4 Å². The fourth-order valence-electron chi connectivity index (χ4n) is 4.63. The maximum atomic E-state index is 10.0. The molecule has 0 saturated heterocycles. The predicted octanol–water partition coefficient (Wildman–Crippen LogP) is 8.22. The summed E-state index contributed by atoms with van der Waals surface area (Å²) in [7, 11) is 0. The van der Waals surface area contributed by atoms with E-state index in [0.717, 1.165) is 66.9 Å². The summed E-state index contributed by atoms with van der Waals surface area (Å²) >= 11 is 0. The van der Waals surface area contributed by atoms with Crippen molar-refractivity contribution >= 4 is 39.0 Å². The van der Waals surface area contributed by atoms with E-state index in [4.69, 9.17) is 18.9 Å². The van der Waals surface area contributed by atoms with Crippen LogP contribution in [0.1, 0.15) is 30.7 Å². The van der Waals surface area contributed by atoms with Crippen LogP contribution in [-0.2, 0) is 24.9 Å². The number of pyridine rings is 2. The zero-order valence-corrected chi connectivity index (χ0v) is 24.6. The molecule has 0 aliphatic rings. The molecule has 6 aromatic rings. The summed E-state index contributed by atoms with van der Waals surface area (Å²) in [5, 5.41) is 10.5. The molecule has 0 aliphatic heterocycles. The molecule has 0 saturated carbocycles. The van der Waals surface area contributed by atoms with Gasteiger partial charge >= 0.3 is 0 Å². The minimum Gasteiger partial charge on any atom is -0.512 e. The number of fused-ring (bicyclic) bond motifs is 4. The second-order valence-corrected chi connectivity index (χ2v) is 9.34. The van der Waals surface area contributed by atoms with Crippen molar-refractivity contribution in [2.24, 2.45) is 0 Å². The van der Waals surface area contributed by atoms with Crippen LogP contribution in [-0.4, -0.2) is 20.9 Å². The van der Waals surface area contributed by atoms with Gasteiger partial charge in [0.2, 0.25) is 5.71 Å². The molecule has 39 heavy (non-hydrogen) atoms. The Labute approximate surface area is 239 Å². The van der Waals surface area contributed by atoms with Crippen LogP contribution < -0.4 is 0 Å². The largest absolute Gasteiger partial charge is 0.512 e. The van der Waals surface area contributed by atoms with Crippen LogP contribution in [0.3, 0.4) is 0 Å². The molecule has 0 spiro atoms. The molecule has 6 rings (SSSR count). The van der Waals surface area contributed by atoms with Crippen LogP contribution in [0, 0.1) is 26.8 Å². The number of aromatic nitrogens is 2. The fraction of sp³-hybridized carbons (Fsp3) is 0.156. The summed E-state index contributed by atoms with van der Waals surface area (Å²) in [5.74, 6) is 0.727. The summed E-state index contributed by atoms with van der Waals surface area (Å²) in [4.78, 5) is 19.4. The van der Waals surface area contributed by atoms with Crippen molar-refractivity contribution in [2.45, 2.75) is 34.6 Å². The number of hydrogen-bond donors (Lipinski definition) is 1. The first kappa shape index (κ1) is 28.0. The average molecular weight is 696 g/mol. The van der Waals surface area contributed by atoms with Gasteiger partial charge in [-0.3, -0.25) is 9.78 Å². The summed E-state index contributed by atoms with van der Waals surface area (Å²) < 4.78 is 12.4. The number of nitrogens with zero attached hydrogens (tertiary/aromatic N) is 2. The van der Waals surface area contributed by atoms with Crippen LogP contribution in [0.5, 0.6) is 0 Å². The number of allylic oxidation sites excluding steroid dienone is 2. The van der Waals surface area contributed by atoms with Crippen molar-refractivity contribution in [3.63, 3.8) is 0 Å². The predicted molar refractivity (Wildman–Crippen MR) is 150 cm³/mol. The first-order valence-electron chi connectivity index (χ1n) is 12.3. The van der Waals surface area contributed by atoms with Crippen LogP contribution in [0.2, 0.25) is 0 Å². The maximum Gasteiger partial charge on any atom is 0.227 e. The van der Waals surface area contributed by atoms with Gasteiger partial charge in [-0.15, -0.1) is 35.9 Å². The molecule has 0 aliphatic carbocycles. The number of ketones is 1. The van der Waals surface area contributed by atoms with Crippen molar-refractivity contribution in [1.29, 1.82) is 0 Å². The van der Waals surface area contributed by atoms with Crippen molar-refractivity contribution in [2.75, 3.05) is 0 Å². The Morgan fingerprint density at radius 2 is 1.74 bits per heavy atom. The molecule has 0 amide bonds. The van der Waals surface area contributed by atoms with Gasteiger partial charge in [-0.2, -0.15) is 0 Å². The summed E-state index contributed by atoms with van der Waals surface area (Å²) in [6.07, 6.45) is 1.17. The molecular formula is C32H27IrN2O4-. The zero-order valence-electron chi connectivity index (χ0n) is 22.3. The van der Waals surface area contributed by atoms with Gasteiger partial charge in [0.1, 0.15) is 11.3 Å². The maximum absolute atomic E-state index is 10.0. The Kier molecular flexibility index (Phi) is 8.14. The van der Waals surface area contributed by atoms with Gasteiger partial charge in [0, 0.05) is 59.8 Å². The molecule has 7 heteroatoms. The zero-order chi connectivity index (χ0) is 27.0. The van der Waals surface area contributed by atoms with E-state index in [2.05, 4.69) is 37.0 Å². The fourth-order valence-corrected chi connectivity index (χ4v) is 4.63. The summed E-state index contributed by atoms with van der Waals surface area (Å²) in [6.45, 7) is 9.00. The van der Waals surface area contributed by atoms with Gasteiger partial charge in [0.25, 0.3) is 0 Å². The Morgan fingerprint density at radius 1 is 0.949 bits per heavy atom. The molecule has 0 fully saturated rings. The summed E-state index contributed by atoms with van der Waals surface area (Å²) in [6, 6.07) is 23.3. The first-order chi connectivity index (χ1) is 18.2. The van der Waals surface area contributed by atoms with Crippen molar-refractivity contribution in [3.8, 4) is 22.6 Å². The molecule has 0 bridgehead atoms. The van der Waals surface area contributed by atoms with Gasteiger partial charge < -0.3 is 13.9 Å². The number of benzene rings is 2. The number of aliphatic hydroxyl groups is 1. The van der Waals surface area contributed by atoms with Gasteiger partial charge in [-0.05, 0) is 70.1 Å². The molecule has 4 heterocycles. The molecular weight excluding hydrogens is 669 g/mol. The van der Waals surface area contributed by atoms with E-state index in [1.165, 1.54) is 19.9 Å². The average Bonchev–Trinajstić information content (AvgIpc) is 3.44. The number of furan rings is 2. The molecule has 4 aromatic heterocycles. The van der Waals surface area contributed by atoms with Crippen molar-refractivity contribution < 1.29 is 38.8 Å². The van der Waals surface area contributed by atoms with E-state index in [0.29, 0.717) is 5.71 Å². The number of carbonyl (C=O) groups excluding carboxylic acids is 1. The number of hydrogen-bond acceptors (Lipinski definition) is 6. The van der Waals surface area contributed by atoms with Gasteiger partial charge in [0.05, 0.1) is 11.3 Å². The van der Waals surface area contributed by atoms with E-state index in [1.807, 2.05) is 55.5 Å². The SMILES string of the molecule is CC(=O)/C=C(/C)O.Cc1ccc2c(n1)oc1c(C)c(-c3cc4nc(-c5[c-]cccc5)ccc4o3)c(C)cc12.[Ir]. The second kappa shape index (κ2) is 11.4. The standard InChI is InChI=1S/C27H19N2O2.C5H8O2.Ir/c1-15-13-20-19-10-9-16(2)28-27(19)31-26(20)17(3)25(15)24-14-22-23(30-24)12-11-21(29-22)18-7-5-4-6-8-18;1-4(6)3-5(2)7;/h4-7,9-14H,1-3H3;3,6H,1-2H3;/q-1;;/b;4-3-;. The molecule has 0 atom stereocenters. The van der Waals surface area contributed by atoms with Crippen molar-refractivity contribution in [1.82, 2.24) is 9.97 Å². The third-order valence-corrected chi connectivity index (χ3v) is 6.22. The van der Waals surface area contributed by atoms with E-state index < -0.39 is 0 Å². The Balaban J connectivity index is 0.000000394. The molecule has 1 N–H and O–H groups in total. The molecule has 2 aromatic carbocycles. The Morgan fingerprint density at radius 3 is 2.41 bits per heavy atom. The van der Waals surface area contributed by atoms with Crippen LogP contribution >= 0.6 is 0 Å². The number of aliphatic hydroxyl groups excluding tert-OH is 1. The van der Waals surface area contributed by atoms with E-state index in [-0.39, 0.29) is 31.6 Å². The second-order valence-electron chi connectivity index (χ2n) is 9.34. The van der Waals surface area contributed by atoms with Crippen LogP contribution in [0.15, 0.2) is 81.3 Å². The first-order valence-corrected chi connectivity index (χ1v) is 12.3. The molecule has 199 valence electrons. The van der Waals surface area contributed by atoms with E-state index in [1.54, 1.807) is 0 Å². The quantitative estimate of drug-likeness (QED) is 0.114. The normalized spacial score (nSPS) is 11.4. The van der Waals surface area contributed by atoms with E-state index >= 15 is 0 Å². The minimum atomic E-state index is -0.125. The van der Waals surface area contributed by atoms with E-state index in [9.17, 15) is 4.79 Å². The molecule has 0 unspecified atom stereocenters. The number of rotatable bonds is 3.